The Balaban J connectivity index is 2.28. The SMILES string of the molecule is O=C(O)CCc1ccccc1Cc1ccccc1C(=O)O. The van der Waals surface area contributed by atoms with Crippen LogP contribution >= 0.6 is 0 Å². The molecule has 0 fully saturated rings. The first-order valence-electron chi connectivity index (χ1n) is 6.67. The monoisotopic (exact) mass is 284 g/mol. The fourth-order valence-corrected chi connectivity index (χ4v) is 2.30. The summed E-state index contributed by atoms with van der Waals surface area (Å²) >= 11 is 0. The number of aliphatic carboxylic acids is 1. The minimum absolute atomic E-state index is 0.0671. The molecule has 2 aromatic carbocycles. The number of aryl methyl sites for hydroxylation is 1. The average molecular weight is 284 g/mol. The van der Waals surface area contributed by atoms with Gasteiger partial charge in [0, 0.05) is 6.42 Å². The molecule has 21 heavy (non-hydrogen) atoms. The first kappa shape index (κ1) is 14.8. The molecular weight excluding hydrogens is 268 g/mol. The highest BCUT2D eigenvalue weighted by atomic mass is 16.4. The zero-order valence-electron chi connectivity index (χ0n) is 11.5. The summed E-state index contributed by atoms with van der Waals surface area (Å²) in [6.07, 6.45) is 0.997. The van der Waals surface area contributed by atoms with Crippen LogP contribution in [0.5, 0.6) is 0 Å². The van der Waals surface area contributed by atoms with Gasteiger partial charge >= 0.3 is 11.9 Å². The minimum Gasteiger partial charge on any atom is -0.481 e. The van der Waals surface area contributed by atoms with Crippen LogP contribution in [-0.2, 0) is 17.6 Å². The smallest absolute Gasteiger partial charge is 0.335 e. The van der Waals surface area contributed by atoms with E-state index in [1.165, 1.54) is 0 Å². The van der Waals surface area contributed by atoms with Gasteiger partial charge in [0.2, 0.25) is 0 Å². The molecule has 0 amide bonds. The number of carbonyl (C=O) groups is 2. The van der Waals surface area contributed by atoms with Crippen LogP contribution in [0.1, 0.15) is 33.5 Å². The van der Waals surface area contributed by atoms with Gasteiger partial charge in [-0.05, 0) is 35.6 Å². The fraction of sp³-hybridized carbons (Fsp3) is 0.176. The summed E-state index contributed by atoms with van der Waals surface area (Å²) in [5.41, 5.74) is 2.92. The van der Waals surface area contributed by atoms with Gasteiger partial charge in [0.1, 0.15) is 0 Å². The van der Waals surface area contributed by atoms with Crippen LogP contribution in [0.15, 0.2) is 48.5 Å². The van der Waals surface area contributed by atoms with Crippen molar-refractivity contribution in [1.82, 2.24) is 0 Å². The van der Waals surface area contributed by atoms with E-state index in [1.54, 1.807) is 18.2 Å². The highest BCUT2D eigenvalue weighted by Crippen LogP contribution is 2.19. The van der Waals surface area contributed by atoms with E-state index in [9.17, 15) is 14.7 Å². The van der Waals surface area contributed by atoms with Crippen molar-refractivity contribution >= 4 is 11.9 Å². The Morgan fingerprint density at radius 1 is 0.810 bits per heavy atom. The Morgan fingerprint density at radius 2 is 1.38 bits per heavy atom. The fourth-order valence-electron chi connectivity index (χ4n) is 2.30. The number of hydrogen-bond donors (Lipinski definition) is 2. The van der Waals surface area contributed by atoms with Crippen molar-refractivity contribution in [1.29, 1.82) is 0 Å². The molecule has 0 atom stereocenters. The highest BCUT2D eigenvalue weighted by molar-refractivity contribution is 5.89. The number of aromatic carboxylic acids is 1. The normalized spacial score (nSPS) is 10.3. The maximum Gasteiger partial charge on any atom is 0.335 e. The molecule has 2 N–H and O–H groups in total. The molecule has 0 saturated heterocycles. The van der Waals surface area contributed by atoms with Crippen LogP contribution in [0, 0.1) is 0 Å². The van der Waals surface area contributed by atoms with E-state index >= 15 is 0 Å². The van der Waals surface area contributed by atoms with E-state index in [0.717, 1.165) is 16.7 Å². The number of rotatable bonds is 6. The lowest BCUT2D eigenvalue weighted by Crippen LogP contribution is -2.05. The number of hydrogen-bond acceptors (Lipinski definition) is 2. The maximum atomic E-state index is 11.2. The zero-order valence-corrected chi connectivity index (χ0v) is 11.5. The Bertz CT molecular complexity index is 661. The van der Waals surface area contributed by atoms with Crippen molar-refractivity contribution < 1.29 is 19.8 Å². The van der Waals surface area contributed by atoms with Crippen molar-refractivity contribution in [3.63, 3.8) is 0 Å². The second kappa shape index (κ2) is 6.70. The van der Waals surface area contributed by atoms with Crippen molar-refractivity contribution in [2.45, 2.75) is 19.3 Å². The predicted molar refractivity (Wildman–Crippen MR) is 78.6 cm³/mol. The van der Waals surface area contributed by atoms with Crippen molar-refractivity contribution in [2.75, 3.05) is 0 Å². The summed E-state index contributed by atoms with van der Waals surface area (Å²) in [5.74, 6) is -1.79. The second-order valence-corrected chi connectivity index (χ2v) is 4.80. The van der Waals surface area contributed by atoms with Crippen LogP contribution in [-0.4, -0.2) is 22.2 Å². The summed E-state index contributed by atoms with van der Waals surface area (Å²) in [4.78, 5) is 21.9. The summed E-state index contributed by atoms with van der Waals surface area (Å²) in [6, 6.07) is 14.4. The quantitative estimate of drug-likeness (QED) is 0.855. The van der Waals surface area contributed by atoms with Gasteiger partial charge in [-0.1, -0.05) is 42.5 Å². The van der Waals surface area contributed by atoms with Crippen molar-refractivity contribution in [3.8, 4) is 0 Å². The van der Waals surface area contributed by atoms with Crippen molar-refractivity contribution in [3.05, 3.63) is 70.8 Å². The molecule has 0 unspecified atom stereocenters. The molecule has 0 bridgehead atoms. The van der Waals surface area contributed by atoms with E-state index in [1.807, 2.05) is 30.3 Å². The molecule has 0 radical (unpaired) electrons. The highest BCUT2D eigenvalue weighted by Gasteiger charge is 2.11. The Labute approximate surface area is 122 Å². The van der Waals surface area contributed by atoms with Crippen LogP contribution in [0.4, 0.5) is 0 Å². The largest absolute Gasteiger partial charge is 0.481 e. The molecule has 0 saturated carbocycles. The standard InChI is InChI=1S/C17H16O4/c18-16(19)10-9-12-5-1-2-6-13(12)11-14-7-3-4-8-15(14)17(20)21/h1-8H,9-11H2,(H,18,19)(H,20,21). The molecule has 4 nitrogen and oxygen atoms in total. The van der Waals surface area contributed by atoms with E-state index in [2.05, 4.69) is 0 Å². The first-order valence-corrected chi connectivity index (χ1v) is 6.67. The molecule has 2 aromatic rings. The van der Waals surface area contributed by atoms with E-state index in [0.29, 0.717) is 12.8 Å². The molecule has 4 heteroatoms. The lowest BCUT2D eigenvalue weighted by molar-refractivity contribution is -0.136. The van der Waals surface area contributed by atoms with Crippen LogP contribution in [0.2, 0.25) is 0 Å². The van der Waals surface area contributed by atoms with Gasteiger partial charge in [0.15, 0.2) is 0 Å². The average Bonchev–Trinajstić information content (AvgIpc) is 2.46. The van der Waals surface area contributed by atoms with Crippen LogP contribution in [0.25, 0.3) is 0 Å². The molecule has 0 heterocycles. The third-order valence-corrected chi connectivity index (χ3v) is 3.36. The van der Waals surface area contributed by atoms with Gasteiger partial charge in [-0.15, -0.1) is 0 Å². The maximum absolute atomic E-state index is 11.2. The third-order valence-electron chi connectivity index (χ3n) is 3.36. The molecule has 0 spiro atoms. The minimum atomic E-state index is -0.950. The number of carboxylic acid groups (broad SMARTS) is 2. The van der Waals surface area contributed by atoms with Crippen LogP contribution in [0.3, 0.4) is 0 Å². The summed E-state index contributed by atoms with van der Waals surface area (Å²) in [5, 5.41) is 18.0. The van der Waals surface area contributed by atoms with Gasteiger partial charge in [-0.25, -0.2) is 4.79 Å². The Morgan fingerprint density at radius 3 is 2.00 bits per heavy atom. The zero-order chi connectivity index (χ0) is 15.2. The predicted octanol–water partition coefficient (Wildman–Crippen LogP) is 2.99. The second-order valence-electron chi connectivity index (χ2n) is 4.80. The van der Waals surface area contributed by atoms with Crippen molar-refractivity contribution in [2.24, 2.45) is 0 Å². The Hall–Kier alpha value is -2.62. The lowest BCUT2D eigenvalue weighted by Gasteiger charge is -2.10. The van der Waals surface area contributed by atoms with Gasteiger partial charge in [0.25, 0.3) is 0 Å². The van der Waals surface area contributed by atoms with Gasteiger partial charge in [-0.3, -0.25) is 4.79 Å². The molecule has 0 aromatic heterocycles. The molecule has 108 valence electrons. The lowest BCUT2D eigenvalue weighted by atomic mass is 9.94. The van der Waals surface area contributed by atoms with Gasteiger partial charge in [0.05, 0.1) is 5.56 Å². The van der Waals surface area contributed by atoms with Gasteiger partial charge < -0.3 is 10.2 Å². The Kier molecular flexibility index (Phi) is 4.72. The molecule has 0 aliphatic heterocycles. The number of benzene rings is 2. The third kappa shape index (κ3) is 3.92. The summed E-state index contributed by atoms with van der Waals surface area (Å²) in [6.45, 7) is 0. The molecular formula is C17H16O4. The molecule has 0 aliphatic carbocycles. The van der Waals surface area contributed by atoms with E-state index < -0.39 is 11.9 Å². The summed E-state index contributed by atoms with van der Waals surface area (Å²) < 4.78 is 0. The molecule has 0 aliphatic rings. The van der Waals surface area contributed by atoms with Gasteiger partial charge in [-0.2, -0.15) is 0 Å². The van der Waals surface area contributed by atoms with E-state index in [-0.39, 0.29) is 12.0 Å². The van der Waals surface area contributed by atoms with Crippen LogP contribution < -0.4 is 0 Å². The first-order chi connectivity index (χ1) is 10.1. The molecule has 2 rings (SSSR count). The topological polar surface area (TPSA) is 74.6 Å². The van der Waals surface area contributed by atoms with E-state index in [4.69, 9.17) is 5.11 Å². The summed E-state index contributed by atoms with van der Waals surface area (Å²) in [7, 11) is 0. The number of carboxylic acids is 2.